The molecule has 0 N–H and O–H groups in total. The average Bonchev–Trinajstić information content (AvgIpc) is 2.44. The standard InChI is InChI=1S/C16H20ClNO3/c1-9(2)15-16(20)18(10(3)4)12-7-11(13(19)8-17)5-6-14(12)21-15/h5-7,9-10,15H,8H2,1-4H3. The Kier molecular flexibility index (Phi) is 4.57. The van der Waals surface area contributed by atoms with E-state index in [9.17, 15) is 9.59 Å². The van der Waals surface area contributed by atoms with Gasteiger partial charge in [-0.05, 0) is 38.0 Å². The van der Waals surface area contributed by atoms with Crippen molar-refractivity contribution in [1.29, 1.82) is 0 Å². The van der Waals surface area contributed by atoms with Crippen LogP contribution in [0.15, 0.2) is 18.2 Å². The van der Waals surface area contributed by atoms with Crippen molar-refractivity contribution in [3.8, 4) is 5.75 Å². The van der Waals surface area contributed by atoms with E-state index >= 15 is 0 Å². The lowest BCUT2D eigenvalue weighted by Crippen LogP contribution is -2.51. The molecule has 0 saturated carbocycles. The molecule has 1 heterocycles. The number of Topliss-reactive ketones (excluding diaryl/α,β-unsaturated/α-hetero) is 1. The van der Waals surface area contributed by atoms with Crippen molar-refractivity contribution < 1.29 is 14.3 Å². The van der Waals surface area contributed by atoms with Crippen LogP contribution in [-0.2, 0) is 4.79 Å². The van der Waals surface area contributed by atoms with Crippen LogP contribution in [0, 0.1) is 5.92 Å². The summed E-state index contributed by atoms with van der Waals surface area (Å²) in [6, 6.07) is 5.11. The molecule has 21 heavy (non-hydrogen) atoms. The number of hydrogen-bond acceptors (Lipinski definition) is 3. The first-order valence-electron chi connectivity index (χ1n) is 7.09. The van der Waals surface area contributed by atoms with Gasteiger partial charge in [-0.2, -0.15) is 0 Å². The summed E-state index contributed by atoms with van der Waals surface area (Å²) in [5, 5.41) is 0. The Morgan fingerprint density at radius 2 is 2.00 bits per heavy atom. The molecule has 0 saturated heterocycles. The molecule has 1 atom stereocenters. The number of carbonyl (C=O) groups excluding carboxylic acids is 2. The first-order chi connectivity index (χ1) is 9.86. The molecule has 0 radical (unpaired) electrons. The highest BCUT2D eigenvalue weighted by Crippen LogP contribution is 2.37. The summed E-state index contributed by atoms with van der Waals surface area (Å²) in [6.45, 7) is 7.80. The highest BCUT2D eigenvalue weighted by molar-refractivity contribution is 6.30. The summed E-state index contributed by atoms with van der Waals surface area (Å²) in [5.74, 6) is 0.401. The summed E-state index contributed by atoms with van der Waals surface area (Å²) in [6.07, 6.45) is -0.491. The minimum atomic E-state index is -0.491. The number of nitrogens with zero attached hydrogens (tertiary/aromatic N) is 1. The van der Waals surface area contributed by atoms with Gasteiger partial charge >= 0.3 is 0 Å². The molecule has 0 bridgehead atoms. The number of carbonyl (C=O) groups is 2. The molecule has 1 aromatic carbocycles. The summed E-state index contributed by atoms with van der Waals surface area (Å²) < 4.78 is 5.82. The summed E-state index contributed by atoms with van der Waals surface area (Å²) in [7, 11) is 0. The fourth-order valence-corrected chi connectivity index (χ4v) is 2.61. The van der Waals surface area contributed by atoms with E-state index in [1.807, 2.05) is 27.7 Å². The van der Waals surface area contributed by atoms with Crippen molar-refractivity contribution in [2.45, 2.75) is 39.8 Å². The number of fused-ring (bicyclic) bond motifs is 1. The van der Waals surface area contributed by atoms with Gasteiger partial charge in [0.25, 0.3) is 5.91 Å². The molecule has 5 heteroatoms. The zero-order chi connectivity index (χ0) is 15.7. The highest BCUT2D eigenvalue weighted by Gasteiger charge is 2.37. The first kappa shape index (κ1) is 15.8. The number of ether oxygens (including phenoxy) is 1. The van der Waals surface area contributed by atoms with Gasteiger partial charge in [-0.3, -0.25) is 9.59 Å². The monoisotopic (exact) mass is 309 g/mol. The Balaban J connectivity index is 2.51. The van der Waals surface area contributed by atoms with E-state index in [1.165, 1.54) is 0 Å². The molecule has 0 aromatic heterocycles. The van der Waals surface area contributed by atoms with Crippen LogP contribution >= 0.6 is 11.6 Å². The van der Waals surface area contributed by atoms with Gasteiger partial charge < -0.3 is 9.64 Å². The van der Waals surface area contributed by atoms with Crippen LogP contribution in [0.4, 0.5) is 5.69 Å². The van der Waals surface area contributed by atoms with E-state index in [2.05, 4.69) is 0 Å². The molecule has 1 amide bonds. The van der Waals surface area contributed by atoms with Crippen LogP contribution in [0.2, 0.25) is 0 Å². The van der Waals surface area contributed by atoms with Crippen molar-refractivity contribution in [2.75, 3.05) is 10.8 Å². The Morgan fingerprint density at radius 3 is 2.52 bits per heavy atom. The van der Waals surface area contributed by atoms with Crippen molar-refractivity contribution in [1.82, 2.24) is 0 Å². The lowest BCUT2D eigenvalue weighted by atomic mass is 10.0. The minimum Gasteiger partial charge on any atom is -0.478 e. The van der Waals surface area contributed by atoms with Crippen LogP contribution in [0.5, 0.6) is 5.75 Å². The van der Waals surface area contributed by atoms with E-state index in [4.69, 9.17) is 16.3 Å². The number of ketones is 1. The van der Waals surface area contributed by atoms with Crippen LogP contribution in [0.1, 0.15) is 38.1 Å². The van der Waals surface area contributed by atoms with E-state index in [0.717, 1.165) is 0 Å². The summed E-state index contributed by atoms with van der Waals surface area (Å²) in [5.41, 5.74) is 1.14. The van der Waals surface area contributed by atoms with Gasteiger partial charge in [-0.1, -0.05) is 13.8 Å². The number of amides is 1. The normalized spacial score (nSPS) is 18.0. The molecule has 114 valence electrons. The predicted octanol–water partition coefficient (Wildman–Crippen LogP) is 3.27. The van der Waals surface area contributed by atoms with E-state index in [1.54, 1.807) is 23.1 Å². The third-order valence-corrected chi connectivity index (χ3v) is 3.76. The number of hydrogen-bond donors (Lipinski definition) is 0. The van der Waals surface area contributed by atoms with Crippen molar-refractivity contribution >= 4 is 29.0 Å². The number of rotatable bonds is 4. The maximum absolute atomic E-state index is 12.6. The lowest BCUT2D eigenvalue weighted by molar-refractivity contribution is -0.128. The molecule has 1 aliphatic rings. The summed E-state index contributed by atoms with van der Waals surface area (Å²) in [4.78, 5) is 26.1. The van der Waals surface area contributed by atoms with Gasteiger partial charge in [-0.15, -0.1) is 11.6 Å². The SMILES string of the molecule is CC(C)C1Oc2ccc(C(=O)CCl)cc2N(C(C)C)C1=O. The van der Waals surface area contributed by atoms with Crippen molar-refractivity contribution in [2.24, 2.45) is 5.92 Å². The molecular formula is C16H20ClNO3. The van der Waals surface area contributed by atoms with Crippen LogP contribution in [0.3, 0.4) is 0 Å². The fraction of sp³-hybridized carbons (Fsp3) is 0.500. The molecular weight excluding hydrogens is 290 g/mol. The van der Waals surface area contributed by atoms with Gasteiger partial charge in [0, 0.05) is 11.6 Å². The maximum atomic E-state index is 12.6. The molecule has 0 fully saturated rings. The van der Waals surface area contributed by atoms with Gasteiger partial charge in [0.1, 0.15) is 5.75 Å². The largest absolute Gasteiger partial charge is 0.478 e. The molecule has 4 nitrogen and oxygen atoms in total. The Morgan fingerprint density at radius 1 is 1.33 bits per heavy atom. The smallest absolute Gasteiger partial charge is 0.268 e. The van der Waals surface area contributed by atoms with Gasteiger partial charge in [0.15, 0.2) is 11.9 Å². The Hall–Kier alpha value is -1.55. The zero-order valence-corrected chi connectivity index (χ0v) is 13.5. The van der Waals surface area contributed by atoms with E-state index in [0.29, 0.717) is 17.0 Å². The second-order valence-electron chi connectivity index (χ2n) is 5.82. The van der Waals surface area contributed by atoms with Crippen LogP contribution in [0.25, 0.3) is 0 Å². The molecule has 1 aromatic rings. The van der Waals surface area contributed by atoms with Gasteiger partial charge in [0.2, 0.25) is 0 Å². The average molecular weight is 310 g/mol. The third kappa shape index (κ3) is 2.91. The second-order valence-corrected chi connectivity index (χ2v) is 6.09. The molecule has 0 spiro atoms. The van der Waals surface area contributed by atoms with Crippen LogP contribution in [-0.4, -0.2) is 29.7 Å². The fourth-order valence-electron chi connectivity index (χ4n) is 2.45. The molecule has 0 aliphatic carbocycles. The highest BCUT2D eigenvalue weighted by atomic mass is 35.5. The minimum absolute atomic E-state index is 0.0113. The van der Waals surface area contributed by atoms with Crippen molar-refractivity contribution in [3.63, 3.8) is 0 Å². The Labute approximate surface area is 130 Å². The van der Waals surface area contributed by atoms with E-state index < -0.39 is 6.10 Å². The van der Waals surface area contributed by atoms with Gasteiger partial charge in [0.05, 0.1) is 11.6 Å². The molecule has 1 unspecified atom stereocenters. The zero-order valence-electron chi connectivity index (χ0n) is 12.7. The number of halogens is 1. The number of anilines is 1. The quantitative estimate of drug-likeness (QED) is 0.633. The van der Waals surface area contributed by atoms with Gasteiger partial charge in [-0.25, -0.2) is 0 Å². The summed E-state index contributed by atoms with van der Waals surface area (Å²) >= 11 is 5.60. The maximum Gasteiger partial charge on any atom is 0.268 e. The lowest BCUT2D eigenvalue weighted by Gasteiger charge is -2.38. The first-order valence-corrected chi connectivity index (χ1v) is 7.63. The number of benzene rings is 1. The van der Waals surface area contributed by atoms with Crippen molar-refractivity contribution in [3.05, 3.63) is 23.8 Å². The second kappa shape index (κ2) is 6.06. The van der Waals surface area contributed by atoms with E-state index in [-0.39, 0.29) is 29.5 Å². The molecule has 1 aliphatic heterocycles. The number of alkyl halides is 1. The molecule has 2 rings (SSSR count). The van der Waals surface area contributed by atoms with Crippen LogP contribution < -0.4 is 9.64 Å². The predicted molar refractivity (Wildman–Crippen MR) is 83.4 cm³/mol. The third-order valence-electron chi connectivity index (χ3n) is 3.52. The topological polar surface area (TPSA) is 46.6 Å². The Bertz CT molecular complexity index is 569.